The smallest absolute Gasteiger partial charge is 0.0218 e. The molecule has 0 aromatic rings. The van der Waals surface area contributed by atoms with Crippen molar-refractivity contribution in [3.05, 3.63) is 12.7 Å². The molecule has 0 aromatic carbocycles. The number of rotatable bonds is 8. The predicted octanol–water partition coefficient (Wildman–Crippen LogP) is 2.81. The zero-order chi connectivity index (χ0) is 11.8. The van der Waals surface area contributed by atoms with E-state index in [4.69, 9.17) is 0 Å². The molecule has 1 saturated heterocycles. The minimum absolute atomic E-state index is 0.620. The number of nitrogens with zero attached hydrogens (tertiary/aromatic N) is 1. The van der Waals surface area contributed by atoms with Gasteiger partial charge in [0.1, 0.15) is 0 Å². The van der Waals surface area contributed by atoms with Gasteiger partial charge < -0.3 is 5.32 Å². The Bertz CT molecular complexity index is 185. The van der Waals surface area contributed by atoms with Crippen LogP contribution in [0.25, 0.3) is 0 Å². The van der Waals surface area contributed by atoms with E-state index in [1.807, 2.05) is 6.08 Å². The van der Waals surface area contributed by atoms with Gasteiger partial charge in [0.15, 0.2) is 0 Å². The van der Waals surface area contributed by atoms with Crippen LogP contribution in [0.15, 0.2) is 12.7 Å². The Labute approximate surface area is 101 Å². The lowest BCUT2D eigenvalue weighted by molar-refractivity contribution is 0.224. The topological polar surface area (TPSA) is 15.3 Å². The molecule has 0 aliphatic carbocycles. The Kier molecular flexibility index (Phi) is 6.74. The first kappa shape index (κ1) is 13.7. The van der Waals surface area contributed by atoms with Crippen molar-refractivity contribution < 1.29 is 0 Å². The normalized spacial score (nSPS) is 20.9. The first-order chi connectivity index (χ1) is 7.77. The SMILES string of the molecule is C=CCCC(C)NCC(CC)N1CCCC1. The van der Waals surface area contributed by atoms with Crippen LogP contribution in [0.5, 0.6) is 0 Å². The van der Waals surface area contributed by atoms with Crippen LogP contribution in [0, 0.1) is 0 Å². The zero-order valence-electron chi connectivity index (χ0n) is 11.0. The van der Waals surface area contributed by atoms with E-state index < -0.39 is 0 Å². The summed E-state index contributed by atoms with van der Waals surface area (Å²) in [4.78, 5) is 2.65. The Morgan fingerprint density at radius 2 is 2.06 bits per heavy atom. The highest BCUT2D eigenvalue weighted by molar-refractivity contribution is 4.79. The summed E-state index contributed by atoms with van der Waals surface area (Å²) >= 11 is 0. The molecule has 0 saturated carbocycles. The molecule has 0 spiro atoms. The van der Waals surface area contributed by atoms with Gasteiger partial charge in [-0.15, -0.1) is 6.58 Å². The summed E-state index contributed by atoms with van der Waals surface area (Å²) < 4.78 is 0. The summed E-state index contributed by atoms with van der Waals surface area (Å²) in [6, 6.07) is 1.36. The van der Waals surface area contributed by atoms with Gasteiger partial charge in [0.25, 0.3) is 0 Å². The number of nitrogens with one attached hydrogen (secondary N) is 1. The summed E-state index contributed by atoms with van der Waals surface area (Å²) in [6.45, 7) is 12.1. The standard InChI is InChI=1S/C14H28N2/c1-4-6-9-13(3)15-12-14(5-2)16-10-7-8-11-16/h4,13-15H,1,5-12H2,2-3H3. The van der Waals surface area contributed by atoms with Crippen molar-refractivity contribution in [2.45, 2.75) is 58.0 Å². The maximum absolute atomic E-state index is 3.77. The fourth-order valence-electron chi connectivity index (χ4n) is 2.45. The second-order valence-electron chi connectivity index (χ2n) is 4.98. The Morgan fingerprint density at radius 3 is 2.62 bits per heavy atom. The van der Waals surface area contributed by atoms with Crippen molar-refractivity contribution in [2.75, 3.05) is 19.6 Å². The Hall–Kier alpha value is -0.340. The molecule has 2 unspecified atom stereocenters. The van der Waals surface area contributed by atoms with Gasteiger partial charge in [-0.25, -0.2) is 0 Å². The molecule has 0 radical (unpaired) electrons. The highest BCUT2D eigenvalue weighted by Crippen LogP contribution is 2.13. The maximum Gasteiger partial charge on any atom is 0.0218 e. The molecule has 1 aliphatic heterocycles. The maximum atomic E-state index is 3.77. The van der Waals surface area contributed by atoms with E-state index in [0.29, 0.717) is 6.04 Å². The van der Waals surface area contributed by atoms with Crippen molar-refractivity contribution in [1.29, 1.82) is 0 Å². The van der Waals surface area contributed by atoms with Gasteiger partial charge in [-0.2, -0.15) is 0 Å². The van der Waals surface area contributed by atoms with Crippen molar-refractivity contribution >= 4 is 0 Å². The van der Waals surface area contributed by atoms with Gasteiger partial charge >= 0.3 is 0 Å². The molecule has 2 heteroatoms. The van der Waals surface area contributed by atoms with Gasteiger partial charge in [0, 0.05) is 18.6 Å². The van der Waals surface area contributed by atoms with Crippen LogP contribution >= 0.6 is 0 Å². The molecule has 94 valence electrons. The summed E-state index contributed by atoms with van der Waals surface area (Å²) in [5, 5.41) is 3.66. The molecule has 1 aliphatic rings. The van der Waals surface area contributed by atoms with Crippen LogP contribution in [0.1, 0.15) is 46.0 Å². The number of hydrogen-bond acceptors (Lipinski definition) is 2. The highest BCUT2D eigenvalue weighted by atomic mass is 15.2. The largest absolute Gasteiger partial charge is 0.313 e. The lowest BCUT2D eigenvalue weighted by atomic mass is 10.1. The van der Waals surface area contributed by atoms with E-state index in [9.17, 15) is 0 Å². The second-order valence-corrected chi connectivity index (χ2v) is 4.98. The highest BCUT2D eigenvalue weighted by Gasteiger charge is 2.20. The Balaban J connectivity index is 2.19. The molecule has 0 aromatic heterocycles. The molecule has 1 fully saturated rings. The molecule has 1 heterocycles. The lowest BCUT2D eigenvalue weighted by Gasteiger charge is -2.28. The van der Waals surface area contributed by atoms with Gasteiger partial charge in [-0.3, -0.25) is 4.90 Å². The molecule has 1 N–H and O–H groups in total. The molecular weight excluding hydrogens is 196 g/mol. The van der Waals surface area contributed by atoms with Crippen molar-refractivity contribution in [1.82, 2.24) is 10.2 Å². The molecule has 16 heavy (non-hydrogen) atoms. The van der Waals surface area contributed by atoms with Crippen LogP contribution in [0.3, 0.4) is 0 Å². The van der Waals surface area contributed by atoms with E-state index in [1.54, 1.807) is 0 Å². The summed E-state index contributed by atoms with van der Waals surface area (Å²) in [7, 11) is 0. The fourth-order valence-corrected chi connectivity index (χ4v) is 2.45. The predicted molar refractivity (Wildman–Crippen MR) is 71.8 cm³/mol. The first-order valence-electron chi connectivity index (χ1n) is 6.86. The van der Waals surface area contributed by atoms with E-state index in [-0.39, 0.29) is 0 Å². The zero-order valence-corrected chi connectivity index (χ0v) is 11.0. The quantitative estimate of drug-likeness (QED) is 0.638. The third-order valence-electron chi connectivity index (χ3n) is 3.63. The van der Waals surface area contributed by atoms with Crippen LogP contribution in [-0.4, -0.2) is 36.6 Å². The van der Waals surface area contributed by atoms with E-state index in [0.717, 1.165) is 19.0 Å². The minimum atomic E-state index is 0.620. The molecule has 0 amide bonds. The van der Waals surface area contributed by atoms with Gasteiger partial charge in [-0.05, 0) is 52.1 Å². The van der Waals surface area contributed by atoms with Gasteiger partial charge in [0.2, 0.25) is 0 Å². The number of likely N-dealkylation sites (tertiary alicyclic amines) is 1. The number of allylic oxidation sites excluding steroid dienone is 1. The summed E-state index contributed by atoms with van der Waals surface area (Å²) in [5.41, 5.74) is 0. The first-order valence-corrected chi connectivity index (χ1v) is 6.86. The molecule has 0 bridgehead atoms. The third kappa shape index (κ3) is 4.67. The molecule has 2 nitrogen and oxygen atoms in total. The monoisotopic (exact) mass is 224 g/mol. The molecule has 1 rings (SSSR count). The third-order valence-corrected chi connectivity index (χ3v) is 3.63. The number of hydrogen-bond donors (Lipinski definition) is 1. The van der Waals surface area contributed by atoms with Crippen LogP contribution in [-0.2, 0) is 0 Å². The van der Waals surface area contributed by atoms with Crippen molar-refractivity contribution in [3.63, 3.8) is 0 Å². The fraction of sp³-hybridized carbons (Fsp3) is 0.857. The van der Waals surface area contributed by atoms with Crippen LogP contribution in [0.2, 0.25) is 0 Å². The van der Waals surface area contributed by atoms with E-state index in [1.165, 1.54) is 38.8 Å². The lowest BCUT2D eigenvalue weighted by Crippen LogP contribution is -2.42. The molecular formula is C14H28N2. The van der Waals surface area contributed by atoms with E-state index in [2.05, 4.69) is 30.6 Å². The summed E-state index contributed by atoms with van der Waals surface area (Å²) in [6.07, 6.45) is 8.39. The second kappa shape index (κ2) is 7.86. The van der Waals surface area contributed by atoms with Crippen LogP contribution < -0.4 is 5.32 Å². The van der Waals surface area contributed by atoms with Crippen molar-refractivity contribution in [2.24, 2.45) is 0 Å². The minimum Gasteiger partial charge on any atom is -0.313 e. The molecule has 2 atom stereocenters. The average molecular weight is 224 g/mol. The van der Waals surface area contributed by atoms with Gasteiger partial charge in [0.05, 0.1) is 0 Å². The Morgan fingerprint density at radius 1 is 1.38 bits per heavy atom. The van der Waals surface area contributed by atoms with Crippen LogP contribution in [0.4, 0.5) is 0 Å². The van der Waals surface area contributed by atoms with Crippen molar-refractivity contribution in [3.8, 4) is 0 Å². The average Bonchev–Trinajstić information content (AvgIpc) is 2.81. The van der Waals surface area contributed by atoms with E-state index >= 15 is 0 Å². The van der Waals surface area contributed by atoms with Gasteiger partial charge in [-0.1, -0.05) is 13.0 Å². The summed E-state index contributed by atoms with van der Waals surface area (Å²) in [5.74, 6) is 0.